The summed E-state index contributed by atoms with van der Waals surface area (Å²) < 4.78 is 4.70. The van der Waals surface area contributed by atoms with E-state index in [2.05, 4.69) is 15.6 Å². The molecule has 4 heterocycles. The first-order valence-electron chi connectivity index (χ1n) is 13.6. The van der Waals surface area contributed by atoms with Crippen LogP contribution >= 0.6 is 0 Å². The fraction of sp³-hybridized carbons (Fsp3) is 0.464. The lowest BCUT2D eigenvalue weighted by molar-refractivity contribution is -0.157. The van der Waals surface area contributed by atoms with Crippen molar-refractivity contribution in [1.82, 2.24) is 25.4 Å². The molecule has 13 heteroatoms. The summed E-state index contributed by atoms with van der Waals surface area (Å²) in [5.74, 6) is -3.65. The SMILES string of the molecule is CC(=O)N1CC2CCCC(NC(=O)C(=O)c3nccc4ccccc34)CC(=O)N2C(C(=O)NC2CC(=O)OC2O)C1. The molecule has 1 aromatic heterocycles. The van der Waals surface area contributed by atoms with E-state index in [1.165, 1.54) is 22.9 Å². The quantitative estimate of drug-likeness (QED) is 0.249. The Morgan fingerprint density at radius 2 is 1.80 bits per heavy atom. The van der Waals surface area contributed by atoms with Gasteiger partial charge >= 0.3 is 5.97 Å². The third-order valence-corrected chi connectivity index (χ3v) is 7.84. The second-order valence-electron chi connectivity index (χ2n) is 10.6. The number of hydrogen-bond acceptors (Lipinski definition) is 9. The molecule has 3 saturated heterocycles. The number of esters is 1. The number of aliphatic hydroxyl groups is 1. The van der Waals surface area contributed by atoms with Crippen LogP contribution in [-0.2, 0) is 28.7 Å². The Balaban J connectivity index is 1.31. The monoisotopic (exact) mass is 565 g/mol. The van der Waals surface area contributed by atoms with Crippen LogP contribution in [0.1, 0.15) is 49.5 Å². The van der Waals surface area contributed by atoms with E-state index in [4.69, 9.17) is 4.74 Å². The highest BCUT2D eigenvalue weighted by Crippen LogP contribution is 2.27. The molecular weight excluding hydrogens is 534 g/mol. The van der Waals surface area contributed by atoms with E-state index in [1.807, 2.05) is 12.1 Å². The van der Waals surface area contributed by atoms with Crippen LogP contribution in [0.25, 0.3) is 10.8 Å². The van der Waals surface area contributed by atoms with Crippen LogP contribution in [0.15, 0.2) is 36.5 Å². The molecule has 3 aliphatic rings. The van der Waals surface area contributed by atoms with Crippen molar-refractivity contribution in [2.45, 2.75) is 69.5 Å². The van der Waals surface area contributed by atoms with Crippen LogP contribution in [0, 0.1) is 0 Å². The van der Waals surface area contributed by atoms with E-state index in [0.29, 0.717) is 24.6 Å². The number of cyclic esters (lactones) is 1. The minimum Gasteiger partial charge on any atom is -0.434 e. The summed E-state index contributed by atoms with van der Waals surface area (Å²) in [6.07, 6.45) is 1.01. The summed E-state index contributed by atoms with van der Waals surface area (Å²) in [5.41, 5.74) is 0.0199. The molecule has 0 aliphatic carbocycles. The summed E-state index contributed by atoms with van der Waals surface area (Å²) >= 11 is 0. The van der Waals surface area contributed by atoms with Crippen LogP contribution in [0.4, 0.5) is 0 Å². The highest BCUT2D eigenvalue weighted by Gasteiger charge is 2.45. The van der Waals surface area contributed by atoms with E-state index >= 15 is 0 Å². The smallest absolute Gasteiger partial charge is 0.310 e. The number of nitrogens with one attached hydrogen (secondary N) is 2. The number of carbonyl (C=O) groups is 6. The van der Waals surface area contributed by atoms with Gasteiger partial charge in [0.2, 0.25) is 24.0 Å². The minimum atomic E-state index is -1.51. The van der Waals surface area contributed by atoms with Crippen LogP contribution in [0.5, 0.6) is 0 Å². The number of hydrogen-bond donors (Lipinski definition) is 3. The lowest BCUT2D eigenvalue weighted by Gasteiger charge is -2.47. The number of aliphatic hydroxyl groups excluding tert-OH is 1. The first-order valence-corrected chi connectivity index (χ1v) is 13.6. The number of Topliss-reactive ketones (excluding diaryl/α,β-unsaturated/α-hetero) is 1. The lowest BCUT2D eigenvalue weighted by atomic mass is 9.93. The van der Waals surface area contributed by atoms with E-state index < -0.39 is 59.9 Å². The van der Waals surface area contributed by atoms with Gasteiger partial charge in [-0.3, -0.25) is 33.8 Å². The molecule has 5 atom stereocenters. The number of ether oxygens (including phenoxy) is 1. The van der Waals surface area contributed by atoms with Crippen molar-refractivity contribution >= 4 is 46.2 Å². The second kappa shape index (κ2) is 11.6. The Morgan fingerprint density at radius 3 is 2.54 bits per heavy atom. The summed E-state index contributed by atoms with van der Waals surface area (Å²) in [4.78, 5) is 83.8. The Labute approximate surface area is 235 Å². The highest BCUT2D eigenvalue weighted by molar-refractivity contribution is 6.44. The first-order chi connectivity index (χ1) is 19.6. The molecule has 2 aromatic rings. The number of fused-ring (bicyclic) bond motifs is 2. The summed E-state index contributed by atoms with van der Waals surface area (Å²) in [5, 5.41) is 16.5. The number of benzene rings is 1. The van der Waals surface area contributed by atoms with Crippen molar-refractivity contribution in [1.29, 1.82) is 0 Å². The zero-order valence-electron chi connectivity index (χ0n) is 22.4. The topological polar surface area (TPSA) is 175 Å². The Morgan fingerprint density at radius 1 is 1.02 bits per heavy atom. The molecule has 1 aromatic carbocycles. The van der Waals surface area contributed by atoms with E-state index in [0.717, 1.165) is 5.39 Å². The average molecular weight is 566 g/mol. The summed E-state index contributed by atoms with van der Waals surface area (Å²) in [6, 6.07) is 5.66. The van der Waals surface area contributed by atoms with Crippen molar-refractivity contribution < 1.29 is 38.6 Å². The number of pyridine rings is 1. The average Bonchev–Trinajstić information content (AvgIpc) is 3.26. The number of carbonyl (C=O) groups excluding carboxylic acids is 6. The maximum absolute atomic E-state index is 13.6. The molecule has 0 bridgehead atoms. The molecule has 4 amide bonds. The predicted octanol–water partition coefficient (Wildman–Crippen LogP) is -0.346. The van der Waals surface area contributed by atoms with E-state index in [9.17, 15) is 33.9 Å². The van der Waals surface area contributed by atoms with Crippen LogP contribution < -0.4 is 10.6 Å². The van der Waals surface area contributed by atoms with Crippen molar-refractivity contribution in [3.8, 4) is 0 Å². The zero-order chi connectivity index (χ0) is 29.3. The van der Waals surface area contributed by atoms with Gasteiger partial charge in [0, 0.05) is 37.5 Å². The van der Waals surface area contributed by atoms with Crippen LogP contribution in [0.3, 0.4) is 0 Å². The molecular formula is C28H31N5O8. The van der Waals surface area contributed by atoms with Crippen molar-refractivity contribution in [3.63, 3.8) is 0 Å². The lowest BCUT2D eigenvalue weighted by Crippen LogP contribution is -2.67. The third kappa shape index (κ3) is 5.89. The molecule has 3 fully saturated rings. The van der Waals surface area contributed by atoms with Gasteiger partial charge in [-0.2, -0.15) is 0 Å². The van der Waals surface area contributed by atoms with Gasteiger partial charge in [-0.25, -0.2) is 0 Å². The summed E-state index contributed by atoms with van der Waals surface area (Å²) in [6.45, 7) is 1.57. The molecule has 3 N–H and O–H groups in total. The molecule has 13 nitrogen and oxygen atoms in total. The Hall–Kier alpha value is -4.39. The number of rotatable bonds is 5. The van der Waals surface area contributed by atoms with E-state index in [1.54, 1.807) is 18.2 Å². The van der Waals surface area contributed by atoms with Crippen LogP contribution in [0.2, 0.25) is 0 Å². The molecule has 3 aliphatic heterocycles. The van der Waals surface area contributed by atoms with Gasteiger partial charge in [0.15, 0.2) is 0 Å². The minimum absolute atomic E-state index is 0.0199. The molecule has 5 rings (SSSR count). The number of nitrogens with zero attached hydrogens (tertiary/aromatic N) is 3. The largest absolute Gasteiger partial charge is 0.434 e. The van der Waals surface area contributed by atoms with Crippen molar-refractivity contribution in [3.05, 3.63) is 42.2 Å². The standard InChI is InChI=1S/C28H31N5O8/c1-15(34)32-13-18-7-4-6-17(30-27(39)25(37)24-19-8-3-2-5-16(19)9-10-29-24)11-22(35)33(18)21(14-32)26(38)31-20-12-23(36)41-28(20)40/h2-3,5,8-10,17-18,20-21,28,40H,4,6-7,11-14H2,1H3,(H,30,39)(H,31,38). The van der Waals surface area contributed by atoms with Gasteiger partial charge in [0.25, 0.3) is 11.7 Å². The summed E-state index contributed by atoms with van der Waals surface area (Å²) in [7, 11) is 0. The molecule has 0 saturated carbocycles. The number of aromatic nitrogens is 1. The maximum Gasteiger partial charge on any atom is 0.310 e. The van der Waals surface area contributed by atoms with Gasteiger partial charge in [-0.15, -0.1) is 0 Å². The predicted molar refractivity (Wildman–Crippen MR) is 142 cm³/mol. The maximum atomic E-state index is 13.6. The Bertz CT molecular complexity index is 1410. The van der Waals surface area contributed by atoms with Gasteiger partial charge < -0.3 is 30.3 Å². The molecule has 5 unspecified atom stereocenters. The molecule has 0 radical (unpaired) electrons. The number of piperazine rings is 1. The number of amides is 4. The fourth-order valence-electron chi connectivity index (χ4n) is 5.79. The molecule has 41 heavy (non-hydrogen) atoms. The normalized spacial score (nSPS) is 26.4. The molecule has 216 valence electrons. The fourth-order valence-corrected chi connectivity index (χ4v) is 5.79. The Kier molecular flexibility index (Phi) is 7.97. The van der Waals surface area contributed by atoms with Gasteiger partial charge in [-0.1, -0.05) is 24.3 Å². The van der Waals surface area contributed by atoms with Gasteiger partial charge in [-0.05, 0) is 30.7 Å². The molecule has 0 spiro atoms. The van der Waals surface area contributed by atoms with Gasteiger partial charge in [0.05, 0.1) is 19.0 Å². The third-order valence-electron chi connectivity index (χ3n) is 7.84. The first kappa shape index (κ1) is 28.1. The number of ketones is 1. The highest BCUT2D eigenvalue weighted by atomic mass is 16.6. The van der Waals surface area contributed by atoms with Gasteiger partial charge in [0.1, 0.15) is 17.8 Å². The van der Waals surface area contributed by atoms with Crippen LogP contribution in [-0.4, -0.2) is 98.8 Å². The van der Waals surface area contributed by atoms with Crippen molar-refractivity contribution in [2.75, 3.05) is 13.1 Å². The van der Waals surface area contributed by atoms with E-state index in [-0.39, 0.29) is 37.5 Å². The zero-order valence-corrected chi connectivity index (χ0v) is 22.4. The van der Waals surface area contributed by atoms with Crippen molar-refractivity contribution in [2.24, 2.45) is 0 Å². The second-order valence-corrected chi connectivity index (χ2v) is 10.6.